The molecule has 1 amide bonds. The number of nitrogens with one attached hydrogen (secondary N) is 2. The molecule has 1 fully saturated rings. The average Bonchev–Trinajstić information content (AvgIpc) is 3.12. The van der Waals surface area contributed by atoms with Crippen molar-refractivity contribution in [2.45, 2.75) is 37.7 Å². The van der Waals surface area contributed by atoms with Crippen LogP contribution in [0.15, 0.2) is 30.3 Å². The number of amides is 1. The predicted molar refractivity (Wildman–Crippen MR) is 99.0 cm³/mol. The lowest BCUT2D eigenvalue weighted by atomic mass is 9.85. The van der Waals surface area contributed by atoms with E-state index in [-0.39, 0.29) is 11.3 Å². The van der Waals surface area contributed by atoms with Crippen LogP contribution in [0.5, 0.6) is 0 Å². The summed E-state index contributed by atoms with van der Waals surface area (Å²) in [5.74, 6) is -0.142. The second-order valence-electron chi connectivity index (χ2n) is 6.81. The number of anilines is 1. The fourth-order valence-electron chi connectivity index (χ4n) is 3.07. The lowest BCUT2D eigenvalue weighted by molar-refractivity contribution is -0.140. The molecule has 1 saturated heterocycles. The van der Waals surface area contributed by atoms with E-state index in [1.54, 1.807) is 7.11 Å². The van der Waals surface area contributed by atoms with Crippen molar-refractivity contribution in [2.75, 3.05) is 25.5 Å². The number of piperidine rings is 1. The van der Waals surface area contributed by atoms with Crippen LogP contribution >= 0.6 is 11.3 Å². The van der Waals surface area contributed by atoms with Gasteiger partial charge in [0.2, 0.25) is 5.13 Å². The molecule has 7 heteroatoms. The zero-order valence-corrected chi connectivity index (χ0v) is 15.7. The highest BCUT2D eigenvalue weighted by atomic mass is 32.1. The summed E-state index contributed by atoms with van der Waals surface area (Å²) in [7, 11) is 1.59. The molecule has 1 aromatic heterocycles. The van der Waals surface area contributed by atoms with Crippen molar-refractivity contribution >= 4 is 22.4 Å². The van der Waals surface area contributed by atoms with Gasteiger partial charge >= 0.3 is 0 Å². The smallest absolute Gasteiger partial charge is 0.258 e. The van der Waals surface area contributed by atoms with Crippen molar-refractivity contribution in [1.29, 1.82) is 0 Å². The molecule has 2 aromatic rings. The zero-order valence-electron chi connectivity index (χ0n) is 14.8. The third-order valence-electron chi connectivity index (χ3n) is 4.89. The molecule has 25 heavy (non-hydrogen) atoms. The van der Waals surface area contributed by atoms with E-state index in [2.05, 4.69) is 46.8 Å². The van der Waals surface area contributed by atoms with Crippen LogP contribution in [-0.2, 0) is 14.9 Å². The number of hydrogen-bond donors (Lipinski definition) is 2. The molecule has 6 nitrogen and oxygen atoms in total. The van der Waals surface area contributed by atoms with E-state index in [9.17, 15) is 4.79 Å². The SMILES string of the molecule is COC1(C(=O)Nc2nnc(C(C)(C)c3ccccc3)s2)CCNCC1. The molecule has 3 rings (SSSR count). The van der Waals surface area contributed by atoms with Gasteiger partial charge in [0.1, 0.15) is 10.6 Å². The highest BCUT2D eigenvalue weighted by Crippen LogP contribution is 2.35. The summed E-state index contributed by atoms with van der Waals surface area (Å²) in [5, 5.41) is 16.0. The predicted octanol–water partition coefficient (Wildman–Crippen LogP) is 2.57. The number of hydrogen-bond acceptors (Lipinski definition) is 6. The minimum atomic E-state index is -0.786. The maximum atomic E-state index is 12.7. The van der Waals surface area contributed by atoms with E-state index in [1.165, 1.54) is 11.3 Å². The number of rotatable bonds is 5. The van der Waals surface area contributed by atoms with E-state index in [0.29, 0.717) is 18.0 Å². The van der Waals surface area contributed by atoms with Gasteiger partial charge in [0, 0.05) is 12.5 Å². The van der Waals surface area contributed by atoms with Crippen molar-refractivity contribution in [3.8, 4) is 0 Å². The van der Waals surface area contributed by atoms with E-state index >= 15 is 0 Å². The molecule has 0 bridgehead atoms. The maximum Gasteiger partial charge on any atom is 0.258 e. The Balaban J connectivity index is 1.76. The third kappa shape index (κ3) is 3.58. The van der Waals surface area contributed by atoms with Gasteiger partial charge in [0.25, 0.3) is 5.91 Å². The van der Waals surface area contributed by atoms with Gasteiger partial charge in [-0.2, -0.15) is 0 Å². The maximum absolute atomic E-state index is 12.7. The van der Waals surface area contributed by atoms with Crippen molar-refractivity contribution < 1.29 is 9.53 Å². The molecular weight excluding hydrogens is 336 g/mol. The number of carbonyl (C=O) groups is 1. The van der Waals surface area contributed by atoms with Gasteiger partial charge in [-0.05, 0) is 45.3 Å². The number of benzene rings is 1. The summed E-state index contributed by atoms with van der Waals surface area (Å²) in [6, 6.07) is 10.2. The highest BCUT2D eigenvalue weighted by Gasteiger charge is 2.40. The fourth-order valence-corrected chi connectivity index (χ4v) is 3.93. The molecule has 0 aliphatic carbocycles. The molecule has 0 spiro atoms. The van der Waals surface area contributed by atoms with Gasteiger partial charge < -0.3 is 10.1 Å². The molecule has 0 atom stereocenters. The van der Waals surface area contributed by atoms with Gasteiger partial charge in [-0.1, -0.05) is 41.7 Å². The molecule has 0 saturated carbocycles. The number of carbonyl (C=O) groups excluding carboxylic acids is 1. The normalized spacial score (nSPS) is 17.2. The Kier molecular flexibility index (Phi) is 5.17. The van der Waals surface area contributed by atoms with E-state index < -0.39 is 5.60 Å². The summed E-state index contributed by atoms with van der Waals surface area (Å²) in [5.41, 5.74) is 0.109. The van der Waals surface area contributed by atoms with Crippen LogP contribution in [0.4, 0.5) is 5.13 Å². The standard InChI is InChI=1S/C18H24N4O2S/c1-17(2,13-7-5-4-6-8-13)15-21-22-16(25-15)20-14(23)18(24-3)9-11-19-12-10-18/h4-8,19H,9-12H2,1-3H3,(H,20,22,23). The van der Waals surface area contributed by atoms with Gasteiger partial charge in [0.05, 0.1) is 0 Å². The second-order valence-corrected chi connectivity index (χ2v) is 7.78. The molecular formula is C18H24N4O2S. The molecule has 0 unspecified atom stereocenters. The van der Waals surface area contributed by atoms with Gasteiger partial charge in [-0.3, -0.25) is 10.1 Å². The van der Waals surface area contributed by atoms with Crippen molar-refractivity contribution in [3.05, 3.63) is 40.9 Å². The Morgan fingerprint density at radius 1 is 1.24 bits per heavy atom. The Bertz CT molecular complexity index is 724. The largest absolute Gasteiger partial charge is 0.368 e. The highest BCUT2D eigenvalue weighted by molar-refractivity contribution is 7.15. The van der Waals surface area contributed by atoms with Crippen LogP contribution in [0.1, 0.15) is 37.3 Å². The first kappa shape index (κ1) is 18.0. The molecule has 2 N–H and O–H groups in total. The summed E-state index contributed by atoms with van der Waals surface area (Å²) in [6.45, 7) is 5.75. The molecule has 1 aliphatic heterocycles. The quantitative estimate of drug-likeness (QED) is 0.857. The number of nitrogens with zero attached hydrogens (tertiary/aromatic N) is 2. The van der Waals surface area contributed by atoms with Crippen LogP contribution in [0.2, 0.25) is 0 Å². The van der Waals surface area contributed by atoms with Crippen LogP contribution < -0.4 is 10.6 Å². The Labute approximate surface area is 152 Å². The Morgan fingerprint density at radius 3 is 2.56 bits per heavy atom. The van der Waals surface area contributed by atoms with Crippen LogP contribution in [0.3, 0.4) is 0 Å². The lowest BCUT2D eigenvalue weighted by Gasteiger charge is -2.34. The molecule has 1 aromatic carbocycles. The minimum absolute atomic E-state index is 0.142. The summed E-state index contributed by atoms with van der Waals surface area (Å²) < 4.78 is 5.56. The van der Waals surface area contributed by atoms with Crippen molar-refractivity contribution in [3.63, 3.8) is 0 Å². The number of ether oxygens (including phenoxy) is 1. The Morgan fingerprint density at radius 2 is 1.92 bits per heavy atom. The molecule has 0 radical (unpaired) electrons. The average molecular weight is 360 g/mol. The zero-order chi connectivity index (χ0) is 17.9. The molecule has 1 aliphatic rings. The van der Waals surface area contributed by atoms with Crippen LogP contribution in [0, 0.1) is 0 Å². The summed E-state index contributed by atoms with van der Waals surface area (Å²) >= 11 is 1.41. The second kappa shape index (κ2) is 7.19. The van der Waals surface area contributed by atoms with Crippen LogP contribution in [0.25, 0.3) is 0 Å². The molecule has 2 heterocycles. The molecule has 134 valence electrons. The van der Waals surface area contributed by atoms with Gasteiger partial charge in [0.15, 0.2) is 0 Å². The first-order chi connectivity index (χ1) is 12.0. The number of methoxy groups -OCH3 is 1. The number of aromatic nitrogens is 2. The summed E-state index contributed by atoms with van der Waals surface area (Å²) in [6.07, 6.45) is 1.30. The minimum Gasteiger partial charge on any atom is -0.368 e. The van der Waals surface area contributed by atoms with Gasteiger partial charge in [-0.15, -0.1) is 10.2 Å². The van der Waals surface area contributed by atoms with Crippen molar-refractivity contribution in [1.82, 2.24) is 15.5 Å². The topological polar surface area (TPSA) is 76.1 Å². The first-order valence-corrected chi connectivity index (χ1v) is 9.26. The first-order valence-electron chi connectivity index (χ1n) is 8.45. The summed E-state index contributed by atoms with van der Waals surface area (Å²) in [4.78, 5) is 12.7. The lowest BCUT2D eigenvalue weighted by Crippen LogP contribution is -2.51. The monoisotopic (exact) mass is 360 g/mol. The van der Waals surface area contributed by atoms with E-state index in [4.69, 9.17) is 4.74 Å². The van der Waals surface area contributed by atoms with Crippen LogP contribution in [-0.4, -0.2) is 41.9 Å². The van der Waals surface area contributed by atoms with Gasteiger partial charge in [-0.25, -0.2) is 0 Å². The Hall–Kier alpha value is -1.83. The third-order valence-corrected chi connectivity index (χ3v) is 6.05. The van der Waals surface area contributed by atoms with Crippen molar-refractivity contribution in [2.24, 2.45) is 0 Å². The van der Waals surface area contributed by atoms with E-state index in [1.807, 2.05) is 18.2 Å². The van der Waals surface area contributed by atoms with E-state index in [0.717, 1.165) is 23.7 Å². The fraction of sp³-hybridized carbons (Fsp3) is 0.500.